The van der Waals surface area contributed by atoms with E-state index in [4.69, 9.17) is 11.6 Å². The molecule has 0 fully saturated rings. The fraction of sp³-hybridized carbons (Fsp3) is 0.100. The number of alkyl halides is 3. The van der Waals surface area contributed by atoms with Crippen LogP contribution in [0.2, 0.25) is 5.15 Å². The molecule has 0 unspecified atom stereocenters. The summed E-state index contributed by atoms with van der Waals surface area (Å²) >= 11 is 5.62. The standard InChI is InChI=1S/C10H6ClF3N4/c11-7-2-4-16-9(17-7)18-8-5-6(1-3-15-8)10(12,13)14/h1-5H,(H,15,16,17,18). The van der Waals surface area contributed by atoms with E-state index in [-0.39, 0.29) is 16.9 Å². The molecular weight excluding hydrogens is 269 g/mol. The van der Waals surface area contributed by atoms with Crippen LogP contribution in [0.1, 0.15) is 5.56 Å². The third-order valence-corrected chi connectivity index (χ3v) is 2.16. The number of rotatable bonds is 2. The van der Waals surface area contributed by atoms with Crippen molar-refractivity contribution in [3.63, 3.8) is 0 Å². The fourth-order valence-electron chi connectivity index (χ4n) is 1.19. The Morgan fingerprint density at radius 3 is 2.50 bits per heavy atom. The minimum Gasteiger partial charge on any atom is -0.309 e. The first-order valence-corrected chi connectivity index (χ1v) is 5.12. The van der Waals surface area contributed by atoms with Crippen LogP contribution in [-0.4, -0.2) is 15.0 Å². The van der Waals surface area contributed by atoms with Crippen LogP contribution in [0.3, 0.4) is 0 Å². The van der Waals surface area contributed by atoms with Gasteiger partial charge in [0, 0.05) is 12.4 Å². The number of nitrogens with zero attached hydrogens (tertiary/aromatic N) is 3. The maximum atomic E-state index is 12.5. The molecular formula is C10H6ClF3N4. The summed E-state index contributed by atoms with van der Waals surface area (Å²) in [7, 11) is 0. The van der Waals surface area contributed by atoms with Gasteiger partial charge in [0.15, 0.2) is 0 Å². The number of pyridine rings is 1. The molecule has 0 aliphatic rings. The van der Waals surface area contributed by atoms with Crippen molar-refractivity contribution < 1.29 is 13.2 Å². The SMILES string of the molecule is FC(F)(F)c1ccnc(Nc2nccc(Cl)n2)c1. The van der Waals surface area contributed by atoms with E-state index in [1.165, 1.54) is 12.3 Å². The molecule has 94 valence electrons. The van der Waals surface area contributed by atoms with E-state index in [0.29, 0.717) is 0 Å². The highest BCUT2D eigenvalue weighted by Crippen LogP contribution is 2.30. The van der Waals surface area contributed by atoms with Gasteiger partial charge in [-0.05, 0) is 18.2 Å². The monoisotopic (exact) mass is 274 g/mol. The van der Waals surface area contributed by atoms with Gasteiger partial charge in [-0.3, -0.25) is 0 Å². The average Bonchev–Trinajstić information content (AvgIpc) is 2.28. The van der Waals surface area contributed by atoms with Gasteiger partial charge in [0.1, 0.15) is 11.0 Å². The van der Waals surface area contributed by atoms with Crippen LogP contribution in [-0.2, 0) is 6.18 Å². The predicted octanol–water partition coefficient (Wildman–Crippen LogP) is 3.29. The smallest absolute Gasteiger partial charge is 0.309 e. The number of anilines is 2. The molecule has 0 aliphatic carbocycles. The van der Waals surface area contributed by atoms with Gasteiger partial charge >= 0.3 is 6.18 Å². The van der Waals surface area contributed by atoms with E-state index < -0.39 is 11.7 Å². The zero-order valence-corrected chi connectivity index (χ0v) is 9.50. The van der Waals surface area contributed by atoms with Gasteiger partial charge in [-0.1, -0.05) is 11.6 Å². The highest BCUT2D eigenvalue weighted by molar-refractivity contribution is 6.29. The molecule has 2 rings (SSSR count). The Labute approximate surface area is 105 Å². The summed E-state index contributed by atoms with van der Waals surface area (Å²) in [5.74, 6) is 0.0708. The van der Waals surface area contributed by atoms with E-state index in [0.717, 1.165) is 18.3 Å². The Balaban J connectivity index is 2.25. The molecule has 8 heteroatoms. The summed E-state index contributed by atoms with van der Waals surface area (Å²) in [5, 5.41) is 2.72. The van der Waals surface area contributed by atoms with E-state index >= 15 is 0 Å². The summed E-state index contributed by atoms with van der Waals surface area (Å²) in [6, 6.07) is 3.20. The summed E-state index contributed by atoms with van der Waals surface area (Å²) in [5.41, 5.74) is -0.804. The van der Waals surface area contributed by atoms with Gasteiger partial charge in [0.25, 0.3) is 0 Å². The molecule has 4 nitrogen and oxygen atoms in total. The molecule has 0 radical (unpaired) electrons. The Morgan fingerprint density at radius 1 is 1.11 bits per heavy atom. The minimum atomic E-state index is -4.42. The largest absolute Gasteiger partial charge is 0.416 e. The average molecular weight is 275 g/mol. The van der Waals surface area contributed by atoms with Crippen LogP contribution in [0.25, 0.3) is 0 Å². The summed E-state index contributed by atoms with van der Waals surface area (Å²) in [6.45, 7) is 0. The van der Waals surface area contributed by atoms with Crippen molar-refractivity contribution in [2.75, 3.05) is 5.32 Å². The third kappa shape index (κ3) is 3.07. The Kier molecular flexibility index (Phi) is 3.33. The van der Waals surface area contributed by atoms with Gasteiger partial charge in [-0.25, -0.2) is 15.0 Å². The van der Waals surface area contributed by atoms with E-state index in [9.17, 15) is 13.2 Å². The minimum absolute atomic E-state index is 0.00732. The second-order valence-electron chi connectivity index (χ2n) is 3.26. The zero-order chi connectivity index (χ0) is 13.2. The maximum Gasteiger partial charge on any atom is 0.416 e. The van der Waals surface area contributed by atoms with Gasteiger partial charge in [-0.15, -0.1) is 0 Å². The molecule has 0 aliphatic heterocycles. The Hall–Kier alpha value is -1.89. The molecule has 2 aromatic heterocycles. The van der Waals surface area contributed by atoms with Crippen molar-refractivity contribution in [1.82, 2.24) is 15.0 Å². The molecule has 2 heterocycles. The highest BCUT2D eigenvalue weighted by Gasteiger charge is 2.30. The molecule has 0 aromatic carbocycles. The molecule has 2 aromatic rings. The normalized spacial score (nSPS) is 11.3. The summed E-state index contributed by atoms with van der Waals surface area (Å²) in [4.78, 5) is 11.3. The molecule has 18 heavy (non-hydrogen) atoms. The lowest BCUT2D eigenvalue weighted by atomic mass is 10.2. The van der Waals surface area contributed by atoms with Crippen molar-refractivity contribution in [3.05, 3.63) is 41.3 Å². The second kappa shape index (κ2) is 4.77. The first kappa shape index (κ1) is 12.6. The number of hydrogen-bond acceptors (Lipinski definition) is 4. The number of hydrogen-bond donors (Lipinski definition) is 1. The highest BCUT2D eigenvalue weighted by atomic mass is 35.5. The quantitative estimate of drug-likeness (QED) is 0.854. The van der Waals surface area contributed by atoms with Crippen LogP contribution >= 0.6 is 11.6 Å². The molecule has 0 atom stereocenters. The lowest BCUT2D eigenvalue weighted by Crippen LogP contribution is -2.06. The van der Waals surface area contributed by atoms with Crippen LogP contribution < -0.4 is 5.32 Å². The van der Waals surface area contributed by atoms with Crippen molar-refractivity contribution in [1.29, 1.82) is 0 Å². The van der Waals surface area contributed by atoms with E-state index in [1.807, 2.05) is 0 Å². The van der Waals surface area contributed by atoms with Crippen LogP contribution in [0.5, 0.6) is 0 Å². The molecule has 1 N–H and O–H groups in total. The lowest BCUT2D eigenvalue weighted by Gasteiger charge is -2.08. The molecule has 0 saturated heterocycles. The second-order valence-corrected chi connectivity index (χ2v) is 3.64. The Morgan fingerprint density at radius 2 is 1.83 bits per heavy atom. The number of nitrogens with one attached hydrogen (secondary N) is 1. The van der Waals surface area contributed by atoms with Crippen molar-refractivity contribution >= 4 is 23.4 Å². The first-order valence-electron chi connectivity index (χ1n) is 4.74. The summed E-state index contributed by atoms with van der Waals surface area (Å²) in [6.07, 6.45) is -1.99. The molecule has 0 amide bonds. The number of aromatic nitrogens is 3. The van der Waals surface area contributed by atoms with Crippen LogP contribution in [0, 0.1) is 0 Å². The van der Waals surface area contributed by atoms with Crippen molar-refractivity contribution in [2.24, 2.45) is 0 Å². The zero-order valence-electron chi connectivity index (χ0n) is 8.74. The van der Waals surface area contributed by atoms with Gasteiger partial charge in [-0.2, -0.15) is 13.2 Å². The molecule has 0 spiro atoms. The van der Waals surface area contributed by atoms with Crippen molar-refractivity contribution in [2.45, 2.75) is 6.18 Å². The Bertz CT molecular complexity index is 559. The van der Waals surface area contributed by atoms with E-state index in [1.54, 1.807) is 0 Å². The maximum absolute atomic E-state index is 12.5. The topological polar surface area (TPSA) is 50.7 Å². The summed E-state index contributed by atoms with van der Waals surface area (Å²) < 4.78 is 37.4. The van der Waals surface area contributed by atoms with E-state index in [2.05, 4.69) is 20.3 Å². The van der Waals surface area contributed by atoms with Crippen molar-refractivity contribution in [3.8, 4) is 0 Å². The van der Waals surface area contributed by atoms with Crippen LogP contribution in [0.4, 0.5) is 24.9 Å². The van der Waals surface area contributed by atoms with Gasteiger partial charge in [0.2, 0.25) is 5.95 Å². The van der Waals surface area contributed by atoms with Gasteiger partial charge in [0.05, 0.1) is 5.56 Å². The first-order chi connectivity index (χ1) is 8.45. The molecule has 0 bridgehead atoms. The predicted molar refractivity (Wildman–Crippen MR) is 59.6 cm³/mol. The molecule has 0 saturated carbocycles. The fourth-order valence-corrected chi connectivity index (χ4v) is 1.32. The van der Waals surface area contributed by atoms with Crippen LogP contribution in [0.15, 0.2) is 30.6 Å². The third-order valence-electron chi connectivity index (χ3n) is 1.95. The number of halogens is 4. The van der Waals surface area contributed by atoms with Gasteiger partial charge < -0.3 is 5.32 Å². The lowest BCUT2D eigenvalue weighted by molar-refractivity contribution is -0.137.